The van der Waals surface area contributed by atoms with Gasteiger partial charge < -0.3 is 10.1 Å². The number of nitrogens with zero attached hydrogens (tertiary/aromatic N) is 1. The molecule has 1 aliphatic rings. The van der Waals surface area contributed by atoms with Crippen LogP contribution < -0.4 is 20.2 Å². The van der Waals surface area contributed by atoms with E-state index >= 15 is 0 Å². The number of hydrogen-bond donors (Lipinski definition) is 3. The van der Waals surface area contributed by atoms with E-state index < -0.39 is 16.1 Å². The van der Waals surface area contributed by atoms with Crippen molar-refractivity contribution < 1.29 is 22.7 Å². The van der Waals surface area contributed by atoms with E-state index in [2.05, 4.69) is 15.5 Å². The van der Waals surface area contributed by atoms with Crippen LogP contribution in [0.2, 0.25) is 0 Å². The zero-order valence-electron chi connectivity index (χ0n) is 21.6. The molecule has 0 saturated carbocycles. The Hall–Kier alpha value is -3.11. The Morgan fingerprint density at radius 2 is 1.58 bits per heavy atom. The Labute approximate surface area is 213 Å². The predicted octanol–water partition coefficient (Wildman–Crippen LogP) is 3.61. The third-order valence-electron chi connectivity index (χ3n) is 6.51. The second-order valence-corrected chi connectivity index (χ2v) is 11.9. The number of ether oxygens (including phenoxy) is 1. The number of rotatable bonds is 8. The zero-order valence-corrected chi connectivity index (χ0v) is 22.4. The predicted molar refractivity (Wildman–Crippen MR) is 138 cm³/mol. The molecule has 10 heteroatoms. The minimum Gasteiger partial charge on any atom is -0.496 e. The molecule has 0 radical (unpaired) electrons. The summed E-state index contributed by atoms with van der Waals surface area (Å²) in [5.41, 5.74) is 3.44. The highest BCUT2D eigenvalue weighted by molar-refractivity contribution is 7.90. The van der Waals surface area contributed by atoms with Crippen molar-refractivity contribution in [1.82, 2.24) is 20.5 Å². The summed E-state index contributed by atoms with van der Waals surface area (Å²) < 4.78 is 32.9. The van der Waals surface area contributed by atoms with Crippen molar-refractivity contribution in [3.63, 3.8) is 0 Å². The van der Waals surface area contributed by atoms with Crippen LogP contribution in [0.4, 0.5) is 4.79 Å². The second kappa shape index (κ2) is 10.9. The van der Waals surface area contributed by atoms with E-state index in [1.165, 1.54) is 19.2 Å². The number of benzene rings is 2. The molecule has 2 aromatic rings. The van der Waals surface area contributed by atoms with Gasteiger partial charge in [-0.2, -0.15) is 0 Å². The summed E-state index contributed by atoms with van der Waals surface area (Å²) in [6.07, 6.45) is 3.33. The molecular formula is C26H36N4O5S. The molecule has 2 aromatic carbocycles. The van der Waals surface area contributed by atoms with Gasteiger partial charge in [0.1, 0.15) is 5.75 Å². The minimum absolute atomic E-state index is 0.0170. The number of amides is 3. The molecule has 3 rings (SSSR count). The lowest BCUT2D eigenvalue weighted by atomic mass is 9.82. The highest BCUT2D eigenvalue weighted by Gasteiger charge is 2.42. The van der Waals surface area contributed by atoms with Crippen LogP contribution in [0.25, 0.3) is 0 Å². The van der Waals surface area contributed by atoms with Crippen molar-refractivity contribution in [2.45, 2.75) is 69.4 Å². The van der Waals surface area contributed by atoms with Crippen molar-refractivity contribution in [1.29, 1.82) is 0 Å². The van der Waals surface area contributed by atoms with E-state index in [9.17, 15) is 18.0 Å². The summed E-state index contributed by atoms with van der Waals surface area (Å²) in [7, 11) is -2.54. The van der Waals surface area contributed by atoms with E-state index in [1.807, 2.05) is 32.7 Å². The van der Waals surface area contributed by atoms with Crippen LogP contribution in [-0.2, 0) is 16.4 Å². The van der Waals surface area contributed by atoms with Crippen molar-refractivity contribution in [3.8, 4) is 5.75 Å². The van der Waals surface area contributed by atoms with Crippen molar-refractivity contribution in [2.75, 3.05) is 13.7 Å². The quantitative estimate of drug-likeness (QED) is 0.494. The number of hydrogen-bond acceptors (Lipinski definition) is 6. The van der Waals surface area contributed by atoms with Gasteiger partial charge in [-0.1, -0.05) is 24.3 Å². The number of hydrazine groups is 1. The van der Waals surface area contributed by atoms with Crippen LogP contribution in [0.3, 0.4) is 0 Å². The van der Waals surface area contributed by atoms with Crippen molar-refractivity contribution in [2.24, 2.45) is 0 Å². The summed E-state index contributed by atoms with van der Waals surface area (Å²) >= 11 is 0. The van der Waals surface area contributed by atoms with E-state index in [4.69, 9.17) is 4.74 Å². The van der Waals surface area contributed by atoms with Gasteiger partial charge in [0.25, 0.3) is 15.9 Å². The number of sulfonamides is 1. The molecule has 0 aliphatic carbocycles. The molecule has 36 heavy (non-hydrogen) atoms. The van der Waals surface area contributed by atoms with Gasteiger partial charge in [0.2, 0.25) is 0 Å². The molecule has 3 N–H and O–H groups in total. The lowest BCUT2D eigenvalue weighted by Gasteiger charge is -2.52. The second-order valence-electron chi connectivity index (χ2n) is 10.2. The van der Waals surface area contributed by atoms with Crippen molar-refractivity contribution >= 4 is 22.0 Å². The fourth-order valence-electron chi connectivity index (χ4n) is 4.69. The minimum atomic E-state index is -4.05. The molecule has 0 unspecified atom stereocenters. The van der Waals surface area contributed by atoms with Gasteiger partial charge in [-0.3, -0.25) is 10.2 Å². The lowest BCUT2D eigenvalue weighted by molar-refractivity contribution is -0.0568. The summed E-state index contributed by atoms with van der Waals surface area (Å²) in [4.78, 5) is 25.0. The molecule has 1 aliphatic heterocycles. The highest BCUT2D eigenvalue weighted by Crippen LogP contribution is 2.36. The Morgan fingerprint density at radius 1 is 0.972 bits per heavy atom. The van der Waals surface area contributed by atoms with E-state index in [0.29, 0.717) is 24.3 Å². The lowest BCUT2D eigenvalue weighted by Crippen LogP contribution is -2.66. The van der Waals surface area contributed by atoms with Gasteiger partial charge in [0.15, 0.2) is 0 Å². The molecule has 3 amide bonds. The fourth-order valence-corrected chi connectivity index (χ4v) is 5.59. The van der Waals surface area contributed by atoms with Crippen LogP contribution in [-0.4, -0.2) is 50.1 Å². The first-order valence-electron chi connectivity index (χ1n) is 12.0. The van der Waals surface area contributed by atoms with Gasteiger partial charge in [-0.25, -0.2) is 22.9 Å². The van der Waals surface area contributed by atoms with Crippen LogP contribution in [0.15, 0.2) is 53.4 Å². The first kappa shape index (κ1) is 27.5. The number of methoxy groups -OCH3 is 1. The van der Waals surface area contributed by atoms with Gasteiger partial charge >= 0.3 is 6.03 Å². The summed E-state index contributed by atoms with van der Waals surface area (Å²) in [6.45, 7) is 8.48. The largest absolute Gasteiger partial charge is 0.496 e. The van der Waals surface area contributed by atoms with Gasteiger partial charge in [0.05, 0.1) is 17.6 Å². The number of carbonyl (C=O) groups is 2. The Morgan fingerprint density at radius 3 is 2.19 bits per heavy atom. The van der Waals surface area contributed by atoms with Gasteiger partial charge in [-0.05, 0) is 83.2 Å². The Bertz CT molecular complexity index is 1180. The fraction of sp³-hybridized carbons (Fsp3) is 0.462. The number of para-hydroxylation sites is 1. The van der Waals surface area contributed by atoms with Crippen molar-refractivity contribution in [3.05, 3.63) is 59.7 Å². The van der Waals surface area contributed by atoms with E-state index in [0.717, 1.165) is 24.8 Å². The molecule has 0 bridgehead atoms. The maximum Gasteiger partial charge on any atom is 0.343 e. The standard InChI is InChI=1S/C26H36N4O5S/c1-25(2)16-8-17-26(3,4)30(25)28-24(32)29-36(33,34)20-13-11-19(12-14-20)15-18-27-23(31)21-9-6-7-10-22(21)35-5/h6-7,9-14H,8,15-18H2,1-5H3,(H,27,31)(H2,28,29,32). The first-order valence-corrected chi connectivity index (χ1v) is 13.5. The molecule has 1 fully saturated rings. The molecule has 0 spiro atoms. The number of carbonyl (C=O) groups excluding carboxylic acids is 2. The highest BCUT2D eigenvalue weighted by atomic mass is 32.2. The van der Waals surface area contributed by atoms with Crippen LogP contribution >= 0.6 is 0 Å². The molecule has 196 valence electrons. The normalized spacial score (nSPS) is 17.1. The third-order valence-corrected chi connectivity index (χ3v) is 7.86. The summed E-state index contributed by atoms with van der Waals surface area (Å²) in [5, 5.41) is 4.68. The molecule has 0 atom stereocenters. The summed E-state index contributed by atoms with van der Waals surface area (Å²) in [5.74, 6) is 0.246. The van der Waals surface area contributed by atoms with Gasteiger partial charge in [0, 0.05) is 17.6 Å². The maximum atomic E-state index is 12.8. The van der Waals surface area contributed by atoms with Crippen LogP contribution in [0.5, 0.6) is 5.75 Å². The monoisotopic (exact) mass is 516 g/mol. The molecular weight excluding hydrogens is 480 g/mol. The summed E-state index contributed by atoms with van der Waals surface area (Å²) in [6, 6.07) is 12.4. The number of nitrogens with one attached hydrogen (secondary N) is 3. The molecule has 9 nitrogen and oxygen atoms in total. The Kier molecular flexibility index (Phi) is 8.30. The van der Waals surface area contributed by atoms with Gasteiger partial charge in [-0.15, -0.1) is 0 Å². The third kappa shape index (κ3) is 6.55. The first-order chi connectivity index (χ1) is 16.9. The molecule has 0 aromatic heterocycles. The Balaban J connectivity index is 1.56. The average Bonchev–Trinajstić information content (AvgIpc) is 2.81. The number of urea groups is 1. The SMILES string of the molecule is COc1ccccc1C(=O)NCCc1ccc(S(=O)(=O)NC(=O)NN2C(C)(C)CCCC2(C)C)cc1. The molecule has 1 saturated heterocycles. The zero-order chi connectivity index (χ0) is 26.6. The molecule has 1 heterocycles. The number of piperidine rings is 1. The van der Waals surface area contributed by atoms with E-state index in [-0.39, 0.29) is 21.9 Å². The van der Waals surface area contributed by atoms with Crippen LogP contribution in [0.1, 0.15) is 62.9 Å². The smallest absolute Gasteiger partial charge is 0.343 e. The van der Waals surface area contributed by atoms with Crippen LogP contribution in [0, 0.1) is 0 Å². The average molecular weight is 517 g/mol. The topological polar surface area (TPSA) is 117 Å². The maximum absolute atomic E-state index is 12.8. The van der Waals surface area contributed by atoms with E-state index in [1.54, 1.807) is 36.4 Å².